The van der Waals surface area contributed by atoms with Gasteiger partial charge in [-0.25, -0.2) is 4.98 Å². The van der Waals surface area contributed by atoms with Gasteiger partial charge in [0.25, 0.3) is 0 Å². The molecule has 0 spiro atoms. The second kappa shape index (κ2) is 6.82. The lowest BCUT2D eigenvalue weighted by molar-refractivity contribution is -0.131. The Morgan fingerprint density at radius 2 is 2.29 bits per heavy atom. The third-order valence-corrected chi connectivity index (χ3v) is 4.10. The Labute approximate surface area is 129 Å². The molecule has 2 rings (SSSR count). The van der Waals surface area contributed by atoms with E-state index in [0.717, 1.165) is 5.56 Å². The van der Waals surface area contributed by atoms with Crippen LogP contribution in [0.3, 0.4) is 0 Å². The first-order valence-corrected chi connectivity index (χ1v) is 7.14. The number of hydrogen-bond donors (Lipinski definition) is 2. The highest BCUT2D eigenvalue weighted by Gasteiger charge is 2.42. The standard InChI is InChI=1S/C14H19N3O3S/c1-19-11-8-10(2-5-16-11)9-17-13(18)14(12(15)21)3-6-20-7-4-14/h2,5,8H,3-4,6-7,9H2,1H3,(H2,15,21)(H,17,18). The predicted octanol–water partition coefficient (Wildman–Crippen LogP) is 0.789. The molecule has 1 amide bonds. The number of nitrogens with two attached hydrogens (primary N) is 1. The van der Waals surface area contributed by atoms with Gasteiger partial charge in [0.1, 0.15) is 5.41 Å². The molecule has 0 bridgehead atoms. The van der Waals surface area contributed by atoms with Crippen LogP contribution in [-0.2, 0) is 16.1 Å². The van der Waals surface area contributed by atoms with Crippen molar-refractivity contribution in [1.82, 2.24) is 10.3 Å². The van der Waals surface area contributed by atoms with E-state index >= 15 is 0 Å². The smallest absolute Gasteiger partial charge is 0.233 e. The van der Waals surface area contributed by atoms with Crippen LogP contribution >= 0.6 is 12.2 Å². The Balaban J connectivity index is 2.03. The highest BCUT2D eigenvalue weighted by atomic mass is 32.1. The summed E-state index contributed by atoms with van der Waals surface area (Å²) >= 11 is 5.11. The first kappa shape index (κ1) is 15.7. The van der Waals surface area contributed by atoms with Crippen molar-refractivity contribution in [3.63, 3.8) is 0 Å². The summed E-state index contributed by atoms with van der Waals surface area (Å²) in [6.07, 6.45) is 2.68. The molecule has 3 N–H and O–H groups in total. The maximum absolute atomic E-state index is 12.5. The van der Waals surface area contributed by atoms with Crippen LogP contribution in [0.4, 0.5) is 0 Å². The number of carbonyl (C=O) groups excluding carboxylic acids is 1. The molecule has 1 saturated heterocycles. The highest BCUT2D eigenvalue weighted by Crippen LogP contribution is 2.31. The minimum Gasteiger partial charge on any atom is -0.481 e. The van der Waals surface area contributed by atoms with Crippen LogP contribution in [0, 0.1) is 5.41 Å². The summed E-state index contributed by atoms with van der Waals surface area (Å²) in [7, 11) is 1.55. The molecule has 21 heavy (non-hydrogen) atoms. The van der Waals surface area contributed by atoms with Crippen LogP contribution in [0.15, 0.2) is 18.3 Å². The van der Waals surface area contributed by atoms with Crippen molar-refractivity contribution in [2.45, 2.75) is 19.4 Å². The molecular formula is C14H19N3O3S. The van der Waals surface area contributed by atoms with Gasteiger partial charge in [0.2, 0.25) is 11.8 Å². The zero-order chi connectivity index (χ0) is 15.3. The van der Waals surface area contributed by atoms with Gasteiger partial charge in [-0.1, -0.05) is 12.2 Å². The maximum Gasteiger partial charge on any atom is 0.233 e. The number of ether oxygens (including phenoxy) is 2. The van der Waals surface area contributed by atoms with Crippen molar-refractivity contribution in [2.24, 2.45) is 11.1 Å². The van der Waals surface area contributed by atoms with Gasteiger partial charge in [0, 0.05) is 32.0 Å². The van der Waals surface area contributed by atoms with Crippen LogP contribution in [0.1, 0.15) is 18.4 Å². The van der Waals surface area contributed by atoms with Crippen molar-refractivity contribution in [3.05, 3.63) is 23.9 Å². The van der Waals surface area contributed by atoms with E-state index in [2.05, 4.69) is 10.3 Å². The number of amides is 1. The van der Waals surface area contributed by atoms with E-state index < -0.39 is 5.41 Å². The van der Waals surface area contributed by atoms with Gasteiger partial charge in [0.15, 0.2) is 0 Å². The number of pyridine rings is 1. The van der Waals surface area contributed by atoms with Crippen molar-refractivity contribution in [2.75, 3.05) is 20.3 Å². The molecule has 0 atom stereocenters. The van der Waals surface area contributed by atoms with Gasteiger partial charge < -0.3 is 20.5 Å². The van der Waals surface area contributed by atoms with Gasteiger partial charge in [-0.2, -0.15) is 0 Å². The third kappa shape index (κ3) is 3.48. The fraction of sp³-hybridized carbons (Fsp3) is 0.500. The SMILES string of the molecule is COc1cc(CNC(=O)C2(C(N)=S)CCOCC2)ccn1. The summed E-state index contributed by atoms with van der Waals surface area (Å²) in [4.78, 5) is 16.8. The van der Waals surface area contributed by atoms with Crippen LogP contribution in [0.25, 0.3) is 0 Å². The van der Waals surface area contributed by atoms with E-state index in [-0.39, 0.29) is 10.9 Å². The Kier molecular flexibility index (Phi) is 5.08. The number of methoxy groups -OCH3 is 1. The normalized spacial score (nSPS) is 17.0. The topological polar surface area (TPSA) is 86.5 Å². The summed E-state index contributed by atoms with van der Waals surface area (Å²) in [5.74, 6) is 0.367. The van der Waals surface area contributed by atoms with E-state index in [0.29, 0.717) is 38.5 Å². The van der Waals surface area contributed by atoms with Crippen LogP contribution in [0.5, 0.6) is 5.88 Å². The minimum absolute atomic E-state index is 0.144. The molecule has 0 radical (unpaired) electrons. The van der Waals surface area contributed by atoms with E-state index in [1.165, 1.54) is 0 Å². The average Bonchev–Trinajstić information content (AvgIpc) is 2.53. The number of nitrogens with one attached hydrogen (secondary N) is 1. The van der Waals surface area contributed by atoms with Crippen LogP contribution < -0.4 is 15.8 Å². The minimum atomic E-state index is -0.801. The number of aromatic nitrogens is 1. The largest absolute Gasteiger partial charge is 0.481 e. The average molecular weight is 309 g/mol. The molecule has 0 aromatic carbocycles. The van der Waals surface area contributed by atoms with E-state index in [1.807, 2.05) is 6.07 Å². The van der Waals surface area contributed by atoms with Crippen molar-refractivity contribution >= 4 is 23.1 Å². The molecule has 1 aromatic rings. The van der Waals surface area contributed by atoms with Gasteiger partial charge >= 0.3 is 0 Å². The summed E-state index contributed by atoms with van der Waals surface area (Å²) in [5, 5.41) is 2.90. The molecule has 1 aromatic heterocycles. The number of carbonyl (C=O) groups is 1. The van der Waals surface area contributed by atoms with E-state index in [9.17, 15) is 4.79 Å². The van der Waals surface area contributed by atoms with E-state index in [4.69, 9.17) is 27.4 Å². The fourth-order valence-corrected chi connectivity index (χ4v) is 2.63. The zero-order valence-corrected chi connectivity index (χ0v) is 12.7. The Hall–Kier alpha value is -1.73. The first-order valence-electron chi connectivity index (χ1n) is 6.73. The lowest BCUT2D eigenvalue weighted by Crippen LogP contribution is -2.51. The molecular weight excluding hydrogens is 290 g/mol. The van der Waals surface area contributed by atoms with Gasteiger partial charge in [-0.15, -0.1) is 0 Å². The molecule has 0 unspecified atom stereocenters. The number of nitrogens with zero attached hydrogens (tertiary/aromatic N) is 1. The van der Waals surface area contributed by atoms with Crippen LogP contribution in [-0.4, -0.2) is 36.2 Å². The van der Waals surface area contributed by atoms with Crippen LogP contribution in [0.2, 0.25) is 0 Å². The first-order chi connectivity index (χ1) is 10.1. The summed E-state index contributed by atoms with van der Waals surface area (Å²) in [6.45, 7) is 1.37. The van der Waals surface area contributed by atoms with Gasteiger partial charge in [-0.05, 0) is 24.5 Å². The summed E-state index contributed by atoms with van der Waals surface area (Å²) in [6, 6.07) is 3.60. The molecule has 0 saturated carbocycles. The van der Waals surface area contributed by atoms with Gasteiger partial charge in [-0.3, -0.25) is 4.79 Å². The maximum atomic E-state index is 12.5. The highest BCUT2D eigenvalue weighted by molar-refractivity contribution is 7.80. The number of thiocarbonyl (C=S) groups is 1. The molecule has 6 nitrogen and oxygen atoms in total. The second-order valence-electron chi connectivity index (χ2n) is 4.95. The Morgan fingerprint density at radius 3 is 2.90 bits per heavy atom. The molecule has 1 aliphatic rings. The summed E-state index contributed by atoms with van der Waals surface area (Å²) in [5.41, 5.74) is 5.90. The zero-order valence-electron chi connectivity index (χ0n) is 11.9. The third-order valence-electron chi connectivity index (χ3n) is 3.71. The Bertz CT molecular complexity index is 530. The quantitative estimate of drug-likeness (QED) is 0.782. The Morgan fingerprint density at radius 1 is 1.57 bits per heavy atom. The predicted molar refractivity (Wildman–Crippen MR) is 81.9 cm³/mol. The van der Waals surface area contributed by atoms with Gasteiger partial charge in [0.05, 0.1) is 12.1 Å². The fourth-order valence-electron chi connectivity index (χ4n) is 2.33. The molecule has 2 heterocycles. The van der Waals surface area contributed by atoms with Crippen molar-refractivity contribution in [1.29, 1.82) is 0 Å². The lowest BCUT2D eigenvalue weighted by atomic mass is 9.79. The number of hydrogen-bond acceptors (Lipinski definition) is 5. The van der Waals surface area contributed by atoms with Crippen molar-refractivity contribution in [3.8, 4) is 5.88 Å². The molecule has 114 valence electrons. The van der Waals surface area contributed by atoms with Crippen molar-refractivity contribution < 1.29 is 14.3 Å². The summed E-state index contributed by atoms with van der Waals surface area (Å²) < 4.78 is 10.4. The molecule has 0 aliphatic carbocycles. The monoisotopic (exact) mass is 309 g/mol. The number of rotatable bonds is 5. The lowest BCUT2D eigenvalue weighted by Gasteiger charge is -2.34. The molecule has 1 aliphatic heterocycles. The second-order valence-corrected chi connectivity index (χ2v) is 5.39. The molecule has 7 heteroatoms. The molecule has 1 fully saturated rings. The van der Waals surface area contributed by atoms with E-state index in [1.54, 1.807) is 19.4 Å².